The van der Waals surface area contributed by atoms with Crippen LogP contribution in [0.15, 0.2) is 53.6 Å². The van der Waals surface area contributed by atoms with Crippen molar-refractivity contribution in [1.29, 1.82) is 0 Å². The van der Waals surface area contributed by atoms with Crippen LogP contribution in [0, 0.1) is 0 Å². The number of ether oxygens (including phenoxy) is 2. The number of hydrogen-bond acceptors (Lipinski definition) is 5. The first-order valence-corrected chi connectivity index (χ1v) is 7.65. The van der Waals surface area contributed by atoms with E-state index in [1.54, 1.807) is 31.4 Å². The number of esters is 1. The van der Waals surface area contributed by atoms with Crippen molar-refractivity contribution in [3.8, 4) is 5.75 Å². The molecular weight excluding hydrogens is 322 g/mol. The van der Waals surface area contributed by atoms with Gasteiger partial charge in [-0.25, -0.2) is 15.0 Å². The third-order valence-corrected chi connectivity index (χ3v) is 3.88. The Labute approximate surface area is 144 Å². The van der Waals surface area contributed by atoms with Crippen molar-refractivity contribution in [3.05, 3.63) is 65.2 Å². The lowest BCUT2D eigenvalue weighted by Crippen LogP contribution is -2.26. The second-order valence-corrected chi connectivity index (χ2v) is 5.45. The highest BCUT2D eigenvalue weighted by Gasteiger charge is 2.31. The SMILES string of the molecule is COc1ccc(/C(CC2OC(=O)c3ccccc32)=N/NC(N)=O)cc1. The number of fused-ring (bicyclic) bond motifs is 1. The third kappa shape index (κ3) is 3.60. The molecule has 2 amide bonds. The molecule has 3 rings (SSSR count). The van der Waals surface area contributed by atoms with Crippen molar-refractivity contribution in [2.45, 2.75) is 12.5 Å². The number of urea groups is 1. The highest BCUT2D eigenvalue weighted by atomic mass is 16.5. The largest absolute Gasteiger partial charge is 0.497 e. The van der Waals surface area contributed by atoms with Crippen molar-refractivity contribution >= 4 is 17.7 Å². The fraction of sp³-hybridized carbons (Fsp3) is 0.167. The second kappa shape index (κ2) is 7.04. The van der Waals surface area contributed by atoms with Crippen molar-refractivity contribution in [3.63, 3.8) is 0 Å². The molecule has 25 heavy (non-hydrogen) atoms. The zero-order valence-corrected chi connectivity index (χ0v) is 13.6. The van der Waals surface area contributed by atoms with Crippen LogP contribution in [0.5, 0.6) is 5.75 Å². The molecule has 0 aromatic heterocycles. The molecule has 0 radical (unpaired) electrons. The Hall–Kier alpha value is -3.35. The fourth-order valence-electron chi connectivity index (χ4n) is 2.68. The number of nitrogens with one attached hydrogen (secondary N) is 1. The number of benzene rings is 2. The third-order valence-electron chi connectivity index (χ3n) is 3.88. The van der Waals surface area contributed by atoms with Gasteiger partial charge in [0.05, 0.1) is 18.4 Å². The van der Waals surface area contributed by atoms with Crippen LogP contribution in [0.2, 0.25) is 0 Å². The van der Waals surface area contributed by atoms with E-state index in [2.05, 4.69) is 10.5 Å². The van der Waals surface area contributed by atoms with E-state index < -0.39 is 12.1 Å². The summed E-state index contributed by atoms with van der Waals surface area (Å²) in [5.41, 5.74) is 9.99. The van der Waals surface area contributed by atoms with Crippen LogP contribution in [0.25, 0.3) is 0 Å². The van der Waals surface area contributed by atoms with E-state index in [1.165, 1.54) is 0 Å². The normalized spacial score (nSPS) is 16.1. The molecule has 2 aromatic carbocycles. The topological polar surface area (TPSA) is 103 Å². The van der Waals surface area contributed by atoms with Gasteiger partial charge in [0.1, 0.15) is 11.9 Å². The van der Waals surface area contributed by atoms with Crippen molar-refractivity contribution < 1.29 is 19.1 Å². The molecule has 1 aliphatic heterocycles. The number of carbonyl (C=O) groups excluding carboxylic acids is 2. The predicted octanol–water partition coefficient (Wildman–Crippen LogP) is 2.37. The van der Waals surface area contributed by atoms with E-state index >= 15 is 0 Å². The molecular formula is C18H17N3O4. The first-order valence-electron chi connectivity index (χ1n) is 7.65. The van der Waals surface area contributed by atoms with Crippen LogP contribution in [0.3, 0.4) is 0 Å². The van der Waals surface area contributed by atoms with E-state index in [-0.39, 0.29) is 5.97 Å². The molecule has 0 spiro atoms. The number of cyclic esters (lactones) is 1. The van der Waals surface area contributed by atoms with E-state index in [0.29, 0.717) is 23.4 Å². The van der Waals surface area contributed by atoms with Gasteiger partial charge in [0.25, 0.3) is 0 Å². The molecule has 7 nitrogen and oxygen atoms in total. The first kappa shape index (κ1) is 16.5. The Kier molecular flexibility index (Phi) is 4.65. The Bertz CT molecular complexity index is 830. The number of carbonyl (C=O) groups is 2. The molecule has 0 saturated heterocycles. The van der Waals surface area contributed by atoms with Crippen LogP contribution in [0.4, 0.5) is 4.79 Å². The Morgan fingerprint density at radius 2 is 1.96 bits per heavy atom. The van der Waals surface area contributed by atoms with Gasteiger partial charge in [0.15, 0.2) is 0 Å². The van der Waals surface area contributed by atoms with Gasteiger partial charge in [0, 0.05) is 12.0 Å². The van der Waals surface area contributed by atoms with E-state index in [1.807, 2.05) is 24.3 Å². The number of methoxy groups -OCH3 is 1. The van der Waals surface area contributed by atoms with Crippen LogP contribution < -0.4 is 15.9 Å². The van der Waals surface area contributed by atoms with Gasteiger partial charge in [-0.2, -0.15) is 5.10 Å². The van der Waals surface area contributed by atoms with Gasteiger partial charge in [-0.3, -0.25) is 0 Å². The number of amides is 2. The smallest absolute Gasteiger partial charge is 0.339 e. The van der Waals surface area contributed by atoms with Gasteiger partial charge in [-0.1, -0.05) is 18.2 Å². The molecule has 0 aliphatic carbocycles. The number of hydrazone groups is 1. The molecule has 0 saturated carbocycles. The molecule has 1 unspecified atom stereocenters. The van der Waals surface area contributed by atoms with Gasteiger partial charge >= 0.3 is 12.0 Å². The van der Waals surface area contributed by atoms with Crippen LogP contribution in [0.1, 0.15) is 34.0 Å². The maximum atomic E-state index is 12.0. The maximum absolute atomic E-state index is 12.0. The van der Waals surface area contributed by atoms with E-state index in [9.17, 15) is 9.59 Å². The Morgan fingerprint density at radius 3 is 2.64 bits per heavy atom. The molecule has 7 heteroatoms. The van der Waals surface area contributed by atoms with Crippen molar-refractivity contribution in [2.24, 2.45) is 10.8 Å². The summed E-state index contributed by atoms with van der Waals surface area (Å²) >= 11 is 0. The number of nitrogens with two attached hydrogens (primary N) is 1. The summed E-state index contributed by atoms with van der Waals surface area (Å²) in [6.45, 7) is 0. The predicted molar refractivity (Wildman–Crippen MR) is 91.5 cm³/mol. The molecule has 1 aliphatic rings. The number of rotatable bonds is 5. The highest BCUT2D eigenvalue weighted by Crippen LogP contribution is 2.34. The van der Waals surface area contributed by atoms with Crippen molar-refractivity contribution in [1.82, 2.24) is 5.43 Å². The first-order chi connectivity index (χ1) is 12.1. The lowest BCUT2D eigenvalue weighted by molar-refractivity contribution is 0.0400. The standard InChI is InChI=1S/C18H17N3O4/c1-24-12-8-6-11(7-9-12)15(20-21-18(19)23)10-16-13-4-2-3-5-14(13)17(22)25-16/h2-9,16H,10H2,1H3,(H3,19,21,23)/b20-15+. The molecule has 2 aromatic rings. The number of nitrogens with zero attached hydrogens (tertiary/aromatic N) is 1. The van der Waals surface area contributed by atoms with Crippen LogP contribution in [-0.4, -0.2) is 24.8 Å². The Balaban J connectivity index is 1.89. The zero-order chi connectivity index (χ0) is 17.8. The molecule has 128 valence electrons. The minimum Gasteiger partial charge on any atom is -0.497 e. The summed E-state index contributed by atoms with van der Waals surface area (Å²) in [6, 6.07) is 13.6. The summed E-state index contributed by atoms with van der Waals surface area (Å²) in [6.07, 6.45) is -0.172. The van der Waals surface area contributed by atoms with Crippen molar-refractivity contribution in [2.75, 3.05) is 7.11 Å². The van der Waals surface area contributed by atoms with Crippen LogP contribution in [-0.2, 0) is 4.74 Å². The minimum absolute atomic E-state index is 0.301. The van der Waals surface area contributed by atoms with Crippen LogP contribution >= 0.6 is 0 Å². The zero-order valence-electron chi connectivity index (χ0n) is 13.6. The van der Waals surface area contributed by atoms with Gasteiger partial charge in [-0.05, 0) is 35.9 Å². The van der Waals surface area contributed by atoms with Gasteiger partial charge in [-0.15, -0.1) is 0 Å². The molecule has 1 atom stereocenters. The second-order valence-electron chi connectivity index (χ2n) is 5.45. The average Bonchev–Trinajstić information content (AvgIpc) is 2.95. The molecule has 0 bridgehead atoms. The molecule has 3 N–H and O–H groups in total. The van der Waals surface area contributed by atoms with Gasteiger partial charge < -0.3 is 15.2 Å². The highest BCUT2D eigenvalue weighted by molar-refractivity contribution is 6.02. The maximum Gasteiger partial charge on any atom is 0.339 e. The number of primary amides is 1. The molecule has 0 fully saturated rings. The average molecular weight is 339 g/mol. The minimum atomic E-state index is -0.769. The summed E-state index contributed by atoms with van der Waals surface area (Å²) in [7, 11) is 1.58. The lowest BCUT2D eigenvalue weighted by Gasteiger charge is -2.13. The summed E-state index contributed by atoms with van der Waals surface area (Å²) in [5.74, 6) is 0.334. The van der Waals surface area contributed by atoms with E-state index in [4.69, 9.17) is 15.2 Å². The lowest BCUT2D eigenvalue weighted by atomic mass is 9.98. The van der Waals surface area contributed by atoms with E-state index in [0.717, 1.165) is 11.1 Å². The fourth-order valence-corrected chi connectivity index (χ4v) is 2.68. The number of hydrogen-bond donors (Lipinski definition) is 2. The summed E-state index contributed by atoms with van der Waals surface area (Å²) in [4.78, 5) is 23.0. The Morgan fingerprint density at radius 1 is 1.24 bits per heavy atom. The molecule has 1 heterocycles. The summed E-state index contributed by atoms with van der Waals surface area (Å²) < 4.78 is 10.6. The monoisotopic (exact) mass is 339 g/mol. The summed E-state index contributed by atoms with van der Waals surface area (Å²) in [5, 5.41) is 4.07. The van der Waals surface area contributed by atoms with Gasteiger partial charge in [0.2, 0.25) is 0 Å². The quantitative estimate of drug-likeness (QED) is 0.496.